The Labute approximate surface area is 105 Å². The van der Waals surface area contributed by atoms with E-state index in [0.29, 0.717) is 6.04 Å². The average Bonchev–Trinajstić information content (AvgIpc) is 3.08. The predicted molar refractivity (Wildman–Crippen MR) is 70.5 cm³/mol. The summed E-state index contributed by atoms with van der Waals surface area (Å²) in [6, 6.07) is 6.66. The third kappa shape index (κ3) is 1.46. The highest BCUT2D eigenvalue weighted by Gasteiger charge is 2.17. The minimum Gasteiger partial charge on any atom is -0.464 e. The number of nitrogens with one attached hydrogen (secondary N) is 1. The molecule has 0 spiro atoms. The maximum Gasteiger partial charge on any atom is 0.136 e. The summed E-state index contributed by atoms with van der Waals surface area (Å²) in [4.78, 5) is 0. The average molecular weight is 241 g/mol. The van der Waals surface area contributed by atoms with Crippen LogP contribution in [0.25, 0.3) is 21.9 Å². The largest absolute Gasteiger partial charge is 0.464 e. The van der Waals surface area contributed by atoms with Gasteiger partial charge in [0, 0.05) is 16.8 Å². The molecular weight excluding hydrogens is 226 g/mol. The minimum atomic E-state index is 0.551. The summed E-state index contributed by atoms with van der Waals surface area (Å²) in [6.07, 6.45) is 6.19. The molecule has 1 N–H and O–H groups in total. The molecule has 0 amide bonds. The molecule has 1 fully saturated rings. The van der Waals surface area contributed by atoms with Gasteiger partial charge in [0.25, 0.3) is 0 Å². The first kappa shape index (κ1) is 10.1. The Morgan fingerprint density at radius 1 is 1.39 bits per heavy atom. The van der Waals surface area contributed by atoms with Gasteiger partial charge in [0.05, 0.1) is 24.5 Å². The Morgan fingerprint density at radius 3 is 3.28 bits per heavy atom. The van der Waals surface area contributed by atoms with Gasteiger partial charge in [-0.1, -0.05) is 0 Å². The molecule has 1 atom stereocenters. The highest BCUT2D eigenvalue weighted by molar-refractivity contribution is 6.03. The number of furan rings is 1. The molecule has 2 aromatic heterocycles. The summed E-state index contributed by atoms with van der Waals surface area (Å²) in [6.45, 7) is 2.07. The van der Waals surface area contributed by atoms with Crippen molar-refractivity contribution in [3.05, 3.63) is 30.7 Å². The third-order valence-electron chi connectivity index (χ3n) is 3.79. The van der Waals surface area contributed by atoms with E-state index in [1.165, 1.54) is 23.7 Å². The molecule has 4 rings (SSSR count). The van der Waals surface area contributed by atoms with Gasteiger partial charge in [-0.15, -0.1) is 0 Å². The van der Waals surface area contributed by atoms with Gasteiger partial charge in [0.1, 0.15) is 5.58 Å². The van der Waals surface area contributed by atoms with E-state index >= 15 is 0 Å². The molecule has 1 aliphatic heterocycles. The molecular formula is C14H15N3O. The summed E-state index contributed by atoms with van der Waals surface area (Å²) in [5.74, 6) is 0. The van der Waals surface area contributed by atoms with Gasteiger partial charge in [-0.3, -0.25) is 4.68 Å². The van der Waals surface area contributed by atoms with E-state index in [1.54, 1.807) is 6.26 Å². The fourth-order valence-electron chi connectivity index (χ4n) is 2.89. The van der Waals surface area contributed by atoms with Gasteiger partial charge >= 0.3 is 0 Å². The number of benzene rings is 1. The molecule has 0 bridgehead atoms. The Kier molecular flexibility index (Phi) is 2.17. The zero-order valence-corrected chi connectivity index (χ0v) is 10.1. The third-order valence-corrected chi connectivity index (χ3v) is 3.79. The van der Waals surface area contributed by atoms with Crippen molar-refractivity contribution in [2.24, 2.45) is 0 Å². The predicted octanol–water partition coefficient (Wildman–Crippen LogP) is 2.53. The standard InChI is InChI=1S/C14H15N3O/c1-2-11(15-6-1)9-17-14-10(8-16-17)3-4-13-12(14)5-7-18-13/h3-5,7-8,11,15H,1-2,6,9H2. The second kappa shape index (κ2) is 3.85. The molecule has 4 heteroatoms. The highest BCUT2D eigenvalue weighted by atomic mass is 16.3. The molecule has 92 valence electrons. The van der Waals surface area contributed by atoms with Crippen molar-refractivity contribution in [1.29, 1.82) is 0 Å². The molecule has 1 saturated heterocycles. The van der Waals surface area contributed by atoms with Crippen LogP contribution >= 0.6 is 0 Å². The van der Waals surface area contributed by atoms with Crippen molar-refractivity contribution >= 4 is 21.9 Å². The zero-order valence-electron chi connectivity index (χ0n) is 10.1. The Morgan fingerprint density at radius 2 is 2.39 bits per heavy atom. The van der Waals surface area contributed by atoms with Gasteiger partial charge in [0.15, 0.2) is 0 Å². The van der Waals surface area contributed by atoms with Crippen molar-refractivity contribution in [3.63, 3.8) is 0 Å². The van der Waals surface area contributed by atoms with E-state index in [2.05, 4.69) is 21.2 Å². The van der Waals surface area contributed by atoms with Crippen molar-refractivity contribution in [1.82, 2.24) is 15.1 Å². The summed E-state index contributed by atoms with van der Waals surface area (Å²) in [5, 5.41) is 10.4. The first-order chi connectivity index (χ1) is 8.92. The summed E-state index contributed by atoms with van der Waals surface area (Å²) >= 11 is 0. The van der Waals surface area contributed by atoms with E-state index in [-0.39, 0.29) is 0 Å². The van der Waals surface area contributed by atoms with Crippen molar-refractivity contribution in [3.8, 4) is 0 Å². The fourth-order valence-corrected chi connectivity index (χ4v) is 2.89. The fraction of sp³-hybridized carbons (Fsp3) is 0.357. The normalized spacial score (nSPS) is 20.1. The number of aromatic nitrogens is 2. The van der Waals surface area contributed by atoms with Crippen LogP contribution < -0.4 is 5.32 Å². The van der Waals surface area contributed by atoms with E-state index < -0.39 is 0 Å². The van der Waals surface area contributed by atoms with Crippen LogP contribution in [0.5, 0.6) is 0 Å². The van der Waals surface area contributed by atoms with Crippen LogP contribution in [0.4, 0.5) is 0 Å². The second-order valence-electron chi connectivity index (χ2n) is 4.96. The summed E-state index contributed by atoms with van der Waals surface area (Å²) in [5.41, 5.74) is 2.12. The van der Waals surface area contributed by atoms with Crippen LogP contribution in [0.2, 0.25) is 0 Å². The smallest absolute Gasteiger partial charge is 0.136 e. The van der Waals surface area contributed by atoms with Crippen molar-refractivity contribution in [2.45, 2.75) is 25.4 Å². The summed E-state index contributed by atoms with van der Waals surface area (Å²) < 4.78 is 7.57. The lowest BCUT2D eigenvalue weighted by atomic mass is 10.2. The molecule has 1 aromatic carbocycles. The first-order valence-electron chi connectivity index (χ1n) is 6.47. The highest BCUT2D eigenvalue weighted by Crippen LogP contribution is 2.26. The quantitative estimate of drug-likeness (QED) is 0.749. The van der Waals surface area contributed by atoms with Crippen LogP contribution in [0, 0.1) is 0 Å². The lowest BCUT2D eigenvalue weighted by molar-refractivity contribution is 0.487. The second-order valence-corrected chi connectivity index (χ2v) is 4.96. The molecule has 1 unspecified atom stereocenters. The number of hydrogen-bond acceptors (Lipinski definition) is 3. The molecule has 0 radical (unpaired) electrons. The van der Waals surface area contributed by atoms with Gasteiger partial charge in [-0.2, -0.15) is 5.10 Å². The van der Waals surface area contributed by atoms with Crippen LogP contribution in [0.15, 0.2) is 35.1 Å². The van der Waals surface area contributed by atoms with Crippen LogP contribution in [0.1, 0.15) is 12.8 Å². The molecule has 18 heavy (non-hydrogen) atoms. The molecule has 0 aliphatic carbocycles. The molecule has 3 aromatic rings. The number of rotatable bonds is 2. The Balaban J connectivity index is 1.86. The number of nitrogens with zero attached hydrogens (tertiary/aromatic N) is 2. The number of fused-ring (bicyclic) bond motifs is 3. The molecule has 1 aliphatic rings. The minimum absolute atomic E-state index is 0.551. The zero-order chi connectivity index (χ0) is 11.9. The van der Waals surface area contributed by atoms with E-state index in [0.717, 1.165) is 24.1 Å². The van der Waals surface area contributed by atoms with Crippen molar-refractivity contribution < 1.29 is 4.42 Å². The molecule has 4 nitrogen and oxygen atoms in total. The van der Waals surface area contributed by atoms with Gasteiger partial charge in [-0.25, -0.2) is 0 Å². The Hall–Kier alpha value is -1.81. The lowest BCUT2D eigenvalue weighted by Crippen LogP contribution is -2.27. The van der Waals surface area contributed by atoms with Gasteiger partial charge in [0.2, 0.25) is 0 Å². The van der Waals surface area contributed by atoms with E-state index in [4.69, 9.17) is 4.42 Å². The van der Waals surface area contributed by atoms with Gasteiger partial charge < -0.3 is 9.73 Å². The van der Waals surface area contributed by atoms with Crippen LogP contribution in [0.3, 0.4) is 0 Å². The van der Waals surface area contributed by atoms with E-state index in [1.807, 2.05) is 18.3 Å². The summed E-state index contributed by atoms with van der Waals surface area (Å²) in [7, 11) is 0. The lowest BCUT2D eigenvalue weighted by Gasteiger charge is -2.11. The maximum absolute atomic E-state index is 5.46. The van der Waals surface area contributed by atoms with Gasteiger partial charge in [-0.05, 0) is 37.6 Å². The maximum atomic E-state index is 5.46. The first-order valence-corrected chi connectivity index (χ1v) is 6.47. The number of hydrogen-bond donors (Lipinski definition) is 1. The van der Waals surface area contributed by atoms with E-state index in [9.17, 15) is 0 Å². The monoisotopic (exact) mass is 241 g/mol. The van der Waals surface area contributed by atoms with Crippen molar-refractivity contribution in [2.75, 3.05) is 6.54 Å². The SMILES string of the molecule is c1cc2c(ccc3cnn(CC4CCCN4)c32)o1. The van der Waals surface area contributed by atoms with Crippen LogP contribution in [-0.4, -0.2) is 22.4 Å². The molecule has 3 heterocycles. The Bertz CT molecular complexity index is 691. The molecule has 0 saturated carbocycles. The topological polar surface area (TPSA) is 43.0 Å². The van der Waals surface area contributed by atoms with Crippen LogP contribution in [-0.2, 0) is 6.54 Å².